The lowest BCUT2D eigenvalue weighted by Gasteiger charge is -2.25. The second kappa shape index (κ2) is 2.16. The largest absolute Gasteiger partial charge is 0.373 e. The Hall–Kier alpha value is -0.700. The summed E-state index contributed by atoms with van der Waals surface area (Å²) < 4.78 is 0. The van der Waals surface area contributed by atoms with Gasteiger partial charge in [-0.05, 0) is 11.4 Å². The molecule has 0 bridgehead atoms. The molecule has 2 heterocycles. The first kappa shape index (κ1) is 6.04. The quantitative estimate of drug-likeness (QED) is 0.610. The fraction of sp³-hybridized carbons (Fsp3) is 0.429. The van der Waals surface area contributed by atoms with E-state index in [1.54, 1.807) is 11.3 Å². The van der Waals surface area contributed by atoms with Gasteiger partial charge in [0.05, 0.1) is 5.69 Å². The molecule has 0 saturated carbocycles. The number of anilines is 2. The number of thiophene rings is 1. The molecule has 0 amide bonds. The van der Waals surface area contributed by atoms with Crippen molar-refractivity contribution < 1.29 is 0 Å². The van der Waals surface area contributed by atoms with Crippen molar-refractivity contribution in [3.8, 4) is 0 Å². The van der Waals surface area contributed by atoms with Gasteiger partial charge in [-0.1, -0.05) is 0 Å². The summed E-state index contributed by atoms with van der Waals surface area (Å²) in [5.74, 6) is 0. The zero-order chi connectivity index (χ0) is 6.97. The molecule has 0 aliphatic carbocycles. The number of nitrogens with one attached hydrogen (secondary N) is 1. The first-order valence-corrected chi connectivity index (χ1v) is 4.28. The summed E-state index contributed by atoms with van der Waals surface area (Å²) in [5.41, 5.74) is 1.34. The van der Waals surface area contributed by atoms with Gasteiger partial charge in [-0.15, -0.1) is 11.3 Å². The first-order valence-electron chi connectivity index (χ1n) is 3.40. The van der Waals surface area contributed by atoms with Crippen LogP contribution in [-0.4, -0.2) is 20.1 Å². The van der Waals surface area contributed by atoms with Crippen molar-refractivity contribution in [1.82, 2.24) is 0 Å². The van der Waals surface area contributed by atoms with Crippen molar-refractivity contribution in [2.45, 2.75) is 0 Å². The Morgan fingerprint density at radius 1 is 1.70 bits per heavy atom. The van der Waals surface area contributed by atoms with E-state index in [1.165, 1.54) is 10.7 Å². The molecule has 10 heavy (non-hydrogen) atoms. The number of likely N-dealkylation sites (N-methyl/N-ethyl adjacent to an activating group) is 1. The molecule has 0 aromatic carbocycles. The van der Waals surface area contributed by atoms with Gasteiger partial charge in [0.2, 0.25) is 0 Å². The Balaban J connectivity index is 2.41. The van der Waals surface area contributed by atoms with Crippen LogP contribution in [0, 0.1) is 0 Å². The standard InChI is InChI=1S/C7H10N2S/c1-9-4-3-8-7-6(9)2-5-10-7/h2,5,8H,3-4H2,1H3. The minimum Gasteiger partial charge on any atom is -0.373 e. The smallest absolute Gasteiger partial charge is 0.112 e. The van der Waals surface area contributed by atoms with Crippen LogP contribution >= 0.6 is 11.3 Å². The first-order chi connectivity index (χ1) is 4.88. The van der Waals surface area contributed by atoms with E-state index in [1.807, 2.05) is 0 Å². The summed E-state index contributed by atoms with van der Waals surface area (Å²) >= 11 is 1.78. The third kappa shape index (κ3) is 0.778. The Bertz CT molecular complexity index is 231. The fourth-order valence-corrected chi connectivity index (χ4v) is 2.06. The number of hydrogen-bond donors (Lipinski definition) is 1. The lowest BCUT2D eigenvalue weighted by molar-refractivity contribution is 0.894. The van der Waals surface area contributed by atoms with E-state index < -0.39 is 0 Å². The van der Waals surface area contributed by atoms with Crippen molar-refractivity contribution >= 4 is 22.0 Å². The summed E-state index contributed by atoms with van der Waals surface area (Å²) in [6.07, 6.45) is 0. The van der Waals surface area contributed by atoms with Crippen LogP contribution in [0.2, 0.25) is 0 Å². The lowest BCUT2D eigenvalue weighted by Crippen LogP contribution is -2.29. The molecular weight excluding hydrogens is 144 g/mol. The molecule has 1 aliphatic rings. The highest BCUT2D eigenvalue weighted by Crippen LogP contribution is 2.32. The lowest BCUT2D eigenvalue weighted by atomic mass is 10.3. The molecule has 3 heteroatoms. The van der Waals surface area contributed by atoms with E-state index in [4.69, 9.17) is 0 Å². The van der Waals surface area contributed by atoms with Gasteiger partial charge in [0.25, 0.3) is 0 Å². The van der Waals surface area contributed by atoms with Gasteiger partial charge in [0.1, 0.15) is 5.00 Å². The maximum atomic E-state index is 3.35. The van der Waals surface area contributed by atoms with Gasteiger partial charge in [0, 0.05) is 20.1 Å². The van der Waals surface area contributed by atoms with Gasteiger partial charge in [-0.3, -0.25) is 0 Å². The fourth-order valence-electron chi connectivity index (χ4n) is 1.19. The molecule has 0 fully saturated rings. The molecule has 1 aromatic rings. The number of hydrogen-bond acceptors (Lipinski definition) is 3. The Kier molecular flexibility index (Phi) is 1.31. The van der Waals surface area contributed by atoms with Crippen LogP contribution in [0.1, 0.15) is 0 Å². The summed E-state index contributed by atoms with van der Waals surface area (Å²) in [4.78, 5) is 2.28. The molecule has 2 rings (SSSR count). The third-order valence-corrected chi connectivity index (χ3v) is 2.65. The van der Waals surface area contributed by atoms with Gasteiger partial charge >= 0.3 is 0 Å². The van der Waals surface area contributed by atoms with Crippen LogP contribution in [0.15, 0.2) is 11.4 Å². The number of nitrogens with zero attached hydrogens (tertiary/aromatic N) is 1. The van der Waals surface area contributed by atoms with E-state index in [-0.39, 0.29) is 0 Å². The average molecular weight is 154 g/mol. The number of fused-ring (bicyclic) bond motifs is 1. The predicted molar refractivity (Wildman–Crippen MR) is 46.1 cm³/mol. The molecule has 0 unspecified atom stereocenters. The summed E-state index contributed by atoms with van der Waals surface area (Å²) in [5, 5.41) is 6.79. The highest BCUT2D eigenvalue weighted by atomic mass is 32.1. The van der Waals surface area contributed by atoms with Crippen molar-refractivity contribution in [3.05, 3.63) is 11.4 Å². The van der Waals surface area contributed by atoms with Gasteiger partial charge in [-0.25, -0.2) is 0 Å². The van der Waals surface area contributed by atoms with Crippen LogP contribution in [0.25, 0.3) is 0 Å². The molecule has 0 spiro atoms. The van der Waals surface area contributed by atoms with E-state index in [2.05, 4.69) is 28.7 Å². The molecule has 1 aromatic heterocycles. The Morgan fingerprint density at radius 2 is 2.60 bits per heavy atom. The maximum Gasteiger partial charge on any atom is 0.112 e. The second-order valence-corrected chi connectivity index (χ2v) is 3.40. The molecule has 1 N–H and O–H groups in total. The summed E-state index contributed by atoms with van der Waals surface area (Å²) in [6, 6.07) is 2.16. The maximum absolute atomic E-state index is 3.35. The monoisotopic (exact) mass is 154 g/mol. The molecule has 54 valence electrons. The summed E-state index contributed by atoms with van der Waals surface area (Å²) in [7, 11) is 2.13. The molecule has 0 saturated heterocycles. The van der Waals surface area contributed by atoms with Gasteiger partial charge in [0.15, 0.2) is 0 Å². The zero-order valence-corrected chi connectivity index (χ0v) is 6.74. The van der Waals surface area contributed by atoms with E-state index in [0.717, 1.165) is 13.1 Å². The van der Waals surface area contributed by atoms with Crippen molar-refractivity contribution in [1.29, 1.82) is 0 Å². The van der Waals surface area contributed by atoms with Crippen LogP contribution in [-0.2, 0) is 0 Å². The van der Waals surface area contributed by atoms with E-state index in [9.17, 15) is 0 Å². The van der Waals surface area contributed by atoms with Gasteiger partial charge < -0.3 is 10.2 Å². The molecular formula is C7H10N2S. The minimum atomic E-state index is 1.07. The third-order valence-electron chi connectivity index (χ3n) is 1.79. The topological polar surface area (TPSA) is 15.3 Å². The predicted octanol–water partition coefficient (Wildman–Crippen LogP) is 1.61. The SMILES string of the molecule is CN1CCNc2sccc21. The van der Waals surface area contributed by atoms with Crippen LogP contribution in [0.4, 0.5) is 10.7 Å². The van der Waals surface area contributed by atoms with Gasteiger partial charge in [-0.2, -0.15) is 0 Å². The van der Waals surface area contributed by atoms with Crippen molar-refractivity contribution in [2.24, 2.45) is 0 Å². The van der Waals surface area contributed by atoms with Crippen LogP contribution in [0.3, 0.4) is 0 Å². The van der Waals surface area contributed by atoms with Crippen LogP contribution < -0.4 is 10.2 Å². The molecule has 0 atom stereocenters. The molecule has 1 aliphatic heterocycles. The van der Waals surface area contributed by atoms with Crippen LogP contribution in [0.5, 0.6) is 0 Å². The highest BCUT2D eigenvalue weighted by Gasteiger charge is 2.12. The van der Waals surface area contributed by atoms with E-state index in [0.29, 0.717) is 0 Å². The zero-order valence-electron chi connectivity index (χ0n) is 5.92. The average Bonchev–Trinajstić information content (AvgIpc) is 2.36. The number of rotatable bonds is 0. The van der Waals surface area contributed by atoms with Crippen molar-refractivity contribution in [2.75, 3.05) is 30.4 Å². The minimum absolute atomic E-state index is 1.07. The summed E-state index contributed by atoms with van der Waals surface area (Å²) in [6.45, 7) is 2.19. The molecule has 2 nitrogen and oxygen atoms in total. The normalized spacial score (nSPS) is 16.3. The van der Waals surface area contributed by atoms with Crippen molar-refractivity contribution in [3.63, 3.8) is 0 Å². The Morgan fingerprint density at radius 3 is 3.40 bits per heavy atom. The highest BCUT2D eigenvalue weighted by molar-refractivity contribution is 7.14. The van der Waals surface area contributed by atoms with E-state index >= 15 is 0 Å². The molecule has 0 radical (unpaired) electrons. The second-order valence-electron chi connectivity index (χ2n) is 2.48. The Labute approximate surface area is 64.5 Å².